The Bertz CT molecular complexity index is 830. The van der Waals surface area contributed by atoms with Crippen LogP contribution >= 0.6 is 0 Å². The topological polar surface area (TPSA) is 68.2 Å². The molecule has 0 atom stereocenters. The first-order valence-electron chi connectivity index (χ1n) is 10.2. The summed E-state index contributed by atoms with van der Waals surface area (Å²) in [6, 6.07) is 15.8. The third-order valence-corrected chi connectivity index (χ3v) is 5.85. The summed E-state index contributed by atoms with van der Waals surface area (Å²) < 4.78 is 17.5. The van der Waals surface area contributed by atoms with Crippen molar-refractivity contribution < 1.29 is 24.1 Å². The van der Waals surface area contributed by atoms with Crippen LogP contribution in [0.1, 0.15) is 24.8 Å². The van der Waals surface area contributed by atoms with Crippen LogP contribution in [-0.4, -0.2) is 55.4 Å². The van der Waals surface area contributed by atoms with Gasteiger partial charge in [-0.05, 0) is 44.1 Å². The summed E-state index contributed by atoms with van der Waals surface area (Å²) in [5, 5.41) is 8.87. The molecule has 0 unspecified atom stereocenters. The first kappa shape index (κ1) is 19.6. The number of piperidine rings is 1. The van der Waals surface area contributed by atoms with Crippen LogP contribution in [0.3, 0.4) is 0 Å². The molecular weight excluding hydrogens is 370 g/mol. The van der Waals surface area contributed by atoms with Crippen molar-refractivity contribution in [2.45, 2.75) is 24.7 Å². The van der Waals surface area contributed by atoms with Crippen molar-refractivity contribution in [2.24, 2.45) is 0 Å². The number of nitrogens with zero attached hydrogens (tertiary/aromatic N) is 1. The highest BCUT2D eigenvalue weighted by Crippen LogP contribution is 2.46. The van der Waals surface area contributed by atoms with E-state index in [9.17, 15) is 4.79 Å². The largest absolute Gasteiger partial charge is 0.492 e. The lowest BCUT2D eigenvalue weighted by Gasteiger charge is -2.38. The average molecular weight is 397 g/mol. The maximum absolute atomic E-state index is 10.8. The van der Waals surface area contributed by atoms with Crippen molar-refractivity contribution in [1.29, 1.82) is 0 Å². The Morgan fingerprint density at radius 2 is 1.76 bits per heavy atom. The number of para-hydroxylation sites is 1. The highest BCUT2D eigenvalue weighted by atomic mass is 16.5. The fourth-order valence-corrected chi connectivity index (χ4v) is 4.15. The summed E-state index contributed by atoms with van der Waals surface area (Å²) in [6.07, 6.45) is 2.18. The zero-order chi connectivity index (χ0) is 20.1. The van der Waals surface area contributed by atoms with Gasteiger partial charge in [-0.2, -0.15) is 0 Å². The number of hydrogen-bond donors (Lipinski definition) is 1. The molecule has 2 aliphatic heterocycles. The Labute approximate surface area is 171 Å². The van der Waals surface area contributed by atoms with E-state index >= 15 is 0 Å². The maximum Gasteiger partial charge on any atom is 0.304 e. The molecule has 2 aromatic rings. The molecule has 0 saturated carbocycles. The van der Waals surface area contributed by atoms with E-state index in [1.807, 2.05) is 42.5 Å². The molecule has 0 aliphatic carbocycles. The molecule has 0 aromatic heterocycles. The molecule has 0 amide bonds. The molecule has 6 heteroatoms. The highest BCUT2D eigenvalue weighted by Gasteiger charge is 2.43. The van der Waals surface area contributed by atoms with E-state index in [-0.39, 0.29) is 11.8 Å². The number of carboxylic acids is 1. The Balaban J connectivity index is 1.29. The van der Waals surface area contributed by atoms with Crippen molar-refractivity contribution in [3.05, 3.63) is 54.1 Å². The molecule has 29 heavy (non-hydrogen) atoms. The molecule has 0 radical (unpaired) electrons. The number of rotatable bonds is 8. The van der Waals surface area contributed by atoms with Crippen LogP contribution in [0.2, 0.25) is 0 Å². The summed E-state index contributed by atoms with van der Waals surface area (Å²) >= 11 is 0. The molecule has 2 aliphatic rings. The predicted octanol–water partition coefficient (Wildman–Crippen LogP) is 3.35. The second-order valence-corrected chi connectivity index (χ2v) is 7.72. The number of ether oxygens (including phenoxy) is 3. The molecule has 6 nitrogen and oxygen atoms in total. The highest BCUT2D eigenvalue weighted by molar-refractivity contribution is 5.66. The molecule has 2 heterocycles. The second-order valence-electron chi connectivity index (χ2n) is 7.72. The number of carboxylic acid groups (broad SMARTS) is 1. The Morgan fingerprint density at radius 3 is 2.48 bits per heavy atom. The van der Waals surface area contributed by atoms with Gasteiger partial charge < -0.3 is 24.2 Å². The molecule has 154 valence electrons. The van der Waals surface area contributed by atoms with Gasteiger partial charge in [0.15, 0.2) is 0 Å². The summed E-state index contributed by atoms with van der Waals surface area (Å²) in [7, 11) is 0. The van der Waals surface area contributed by atoms with Crippen LogP contribution in [0, 0.1) is 0 Å². The summed E-state index contributed by atoms with van der Waals surface area (Å²) in [5.74, 6) is 1.80. The van der Waals surface area contributed by atoms with Gasteiger partial charge in [-0.15, -0.1) is 0 Å². The minimum absolute atomic E-state index is 0.0456. The molecule has 1 fully saturated rings. The first-order chi connectivity index (χ1) is 14.1. The van der Waals surface area contributed by atoms with Gasteiger partial charge in [0.25, 0.3) is 0 Å². The lowest BCUT2D eigenvalue weighted by molar-refractivity contribution is -0.137. The van der Waals surface area contributed by atoms with Gasteiger partial charge in [0.2, 0.25) is 0 Å². The lowest BCUT2D eigenvalue weighted by Crippen LogP contribution is -2.44. The fourth-order valence-electron chi connectivity index (χ4n) is 4.15. The monoisotopic (exact) mass is 397 g/mol. The van der Waals surface area contributed by atoms with E-state index in [0.29, 0.717) is 26.4 Å². The van der Waals surface area contributed by atoms with Crippen LogP contribution in [0.4, 0.5) is 0 Å². The van der Waals surface area contributed by atoms with Gasteiger partial charge >= 0.3 is 5.97 Å². The fraction of sp³-hybridized carbons (Fsp3) is 0.435. The third kappa shape index (κ3) is 4.65. The van der Waals surface area contributed by atoms with Crippen molar-refractivity contribution in [2.75, 3.05) is 39.5 Å². The number of likely N-dealkylation sites (tertiary alicyclic amines) is 1. The van der Waals surface area contributed by atoms with E-state index in [2.05, 4.69) is 11.0 Å². The first-order valence-corrected chi connectivity index (χ1v) is 10.2. The van der Waals surface area contributed by atoms with E-state index in [1.54, 1.807) is 0 Å². The van der Waals surface area contributed by atoms with Gasteiger partial charge in [-0.1, -0.05) is 24.3 Å². The van der Waals surface area contributed by atoms with Crippen LogP contribution in [0.25, 0.3) is 0 Å². The van der Waals surface area contributed by atoms with Crippen LogP contribution in [-0.2, 0) is 10.2 Å². The van der Waals surface area contributed by atoms with Gasteiger partial charge in [-0.25, -0.2) is 0 Å². The molecule has 4 rings (SSSR count). The summed E-state index contributed by atoms with van der Waals surface area (Å²) in [4.78, 5) is 13.0. The van der Waals surface area contributed by atoms with Gasteiger partial charge in [0, 0.05) is 23.6 Å². The Hall–Kier alpha value is -2.73. The summed E-state index contributed by atoms with van der Waals surface area (Å²) in [6.45, 7) is 4.08. The zero-order valence-electron chi connectivity index (χ0n) is 16.5. The van der Waals surface area contributed by atoms with Crippen molar-refractivity contribution in [3.63, 3.8) is 0 Å². The zero-order valence-corrected chi connectivity index (χ0v) is 16.5. The van der Waals surface area contributed by atoms with Crippen molar-refractivity contribution in [1.82, 2.24) is 4.90 Å². The maximum atomic E-state index is 10.8. The third-order valence-electron chi connectivity index (χ3n) is 5.85. The average Bonchev–Trinajstić information content (AvgIpc) is 3.09. The Kier molecular flexibility index (Phi) is 5.90. The van der Waals surface area contributed by atoms with Crippen LogP contribution < -0.4 is 14.2 Å². The predicted molar refractivity (Wildman–Crippen MR) is 109 cm³/mol. The standard InChI is InChI=1S/C23H27NO5/c25-22(26)8-11-24-12-9-23(10-13-24)17-29-21-16-19(6-7-20(21)23)28-15-14-27-18-4-2-1-3-5-18/h1-7,16H,8-15,17H2,(H,25,26). The van der Waals surface area contributed by atoms with Gasteiger partial charge in [0.05, 0.1) is 13.0 Å². The number of aliphatic carboxylic acids is 1. The van der Waals surface area contributed by atoms with Crippen LogP contribution in [0.5, 0.6) is 17.2 Å². The lowest BCUT2D eigenvalue weighted by atomic mass is 9.74. The number of hydrogen-bond acceptors (Lipinski definition) is 5. The minimum atomic E-state index is -0.735. The molecule has 1 saturated heterocycles. The SMILES string of the molecule is O=C(O)CCN1CCC2(CC1)COc1cc(OCCOc3ccccc3)ccc12. The van der Waals surface area contributed by atoms with Crippen molar-refractivity contribution >= 4 is 5.97 Å². The second kappa shape index (κ2) is 8.74. The number of benzene rings is 2. The van der Waals surface area contributed by atoms with E-state index < -0.39 is 5.97 Å². The van der Waals surface area contributed by atoms with E-state index in [1.165, 1.54) is 5.56 Å². The van der Waals surface area contributed by atoms with Gasteiger partial charge in [0.1, 0.15) is 30.5 Å². The molecular formula is C23H27NO5. The van der Waals surface area contributed by atoms with E-state index in [4.69, 9.17) is 19.3 Å². The normalized spacial score (nSPS) is 17.5. The molecule has 0 bridgehead atoms. The van der Waals surface area contributed by atoms with Crippen LogP contribution in [0.15, 0.2) is 48.5 Å². The van der Waals surface area contributed by atoms with Crippen molar-refractivity contribution in [3.8, 4) is 17.2 Å². The number of fused-ring (bicyclic) bond motifs is 2. The smallest absolute Gasteiger partial charge is 0.304 e. The minimum Gasteiger partial charge on any atom is -0.492 e. The van der Waals surface area contributed by atoms with E-state index in [0.717, 1.165) is 43.2 Å². The van der Waals surface area contributed by atoms with Gasteiger partial charge in [-0.3, -0.25) is 4.79 Å². The number of carbonyl (C=O) groups is 1. The Morgan fingerprint density at radius 1 is 1.03 bits per heavy atom. The quantitative estimate of drug-likeness (QED) is 0.689. The molecule has 2 aromatic carbocycles. The molecule has 1 spiro atoms. The summed E-state index contributed by atoms with van der Waals surface area (Å²) in [5.41, 5.74) is 1.30. The molecule has 1 N–H and O–H groups in total.